The number of nitrogens with zero attached hydrogens (tertiary/aromatic N) is 1. The van der Waals surface area contributed by atoms with Crippen LogP contribution in [0.15, 0.2) is 0 Å². The van der Waals surface area contributed by atoms with Gasteiger partial charge in [0.15, 0.2) is 0 Å². The van der Waals surface area contributed by atoms with Crippen LogP contribution in [0.3, 0.4) is 0 Å². The predicted molar refractivity (Wildman–Crippen MR) is 34.5 cm³/mol. The number of hydrogen-bond acceptors (Lipinski definition) is 3. The Kier molecular flexibility index (Phi) is 5.18. The van der Waals surface area contributed by atoms with Crippen LogP contribution in [0.1, 0.15) is 19.8 Å². The number of nitriles is 1. The van der Waals surface area contributed by atoms with Crippen molar-refractivity contribution < 1.29 is 4.84 Å². The van der Waals surface area contributed by atoms with Crippen LogP contribution >= 0.6 is 0 Å². The SMILES string of the molecule is CCC(CC#N)NOC. The van der Waals surface area contributed by atoms with E-state index in [0.717, 1.165) is 6.42 Å². The van der Waals surface area contributed by atoms with Crippen molar-refractivity contribution >= 4 is 0 Å². The molecule has 0 aromatic carbocycles. The van der Waals surface area contributed by atoms with Crippen LogP contribution in [0.2, 0.25) is 0 Å². The zero-order valence-electron chi connectivity index (χ0n) is 5.85. The Morgan fingerprint density at radius 3 is 2.78 bits per heavy atom. The molecular weight excluding hydrogens is 116 g/mol. The van der Waals surface area contributed by atoms with Crippen molar-refractivity contribution in [2.75, 3.05) is 7.11 Å². The standard InChI is InChI=1S/C6H12N2O/c1-3-6(4-5-7)8-9-2/h6,8H,3-4H2,1-2H3. The molecule has 0 saturated heterocycles. The molecule has 3 heteroatoms. The van der Waals surface area contributed by atoms with E-state index in [1.54, 1.807) is 7.11 Å². The van der Waals surface area contributed by atoms with Gasteiger partial charge in [0.05, 0.1) is 19.6 Å². The lowest BCUT2D eigenvalue weighted by molar-refractivity contribution is 0.0609. The zero-order valence-corrected chi connectivity index (χ0v) is 5.85. The molecule has 1 N–H and O–H groups in total. The van der Waals surface area contributed by atoms with Gasteiger partial charge < -0.3 is 4.84 Å². The van der Waals surface area contributed by atoms with E-state index < -0.39 is 0 Å². The summed E-state index contributed by atoms with van der Waals surface area (Å²) in [6.45, 7) is 2.01. The van der Waals surface area contributed by atoms with E-state index in [-0.39, 0.29) is 6.04 Å². The van der Waals surface area contributed by atoms with Gasteiger partial charge in [-0.3, -0.25) is 0 Å². The summed E-state index contributed by atoms with van der Waals surface area (Å²) in [6, 6.07) is 2.24. The van der Waals surface area contributed by atoms with Crippen molar-refractivity contribution in [1.29, 1.82) is 5.26 Å². The molecule has 0 fully saturated rings. The molecule has 0 aromatic rings. The molecule has 0 aromatic heterocycles. The lowest BCUT2D eigenvalue weighted by atomic mass is 10.2. The van der Waals surface area contributed by atoms with Gasteiger partial charge in [-0.15, -0.1) is 0 Å². The molecule has 0 heterocycles. The van der Waals surface area contributed by atoms with Crippen LogP contribution in [0.5, 0.6) is 0 Å². The molecule has 0 spiro atoms. The fourth-order valence-electron chi connectivity index (χ4n) is 0.546. The molecule has 1 atom stereocenters. The second kappa shape index (κ2) is 5.54. The number of hydroxylamine groups is 1. The van der Waals surface area contributed by atoms with Crippen molar-refractivity contribution in [2.45, 2.75) is 25.8 Å². The van der Waals surface area contributed by atoms with Crippen LogP contribution in [-0.2, 0) is 4.84 Å². The average molecular weight is 128 g/mol. The Labute approximate surface area is 55.6 Å². The van der Waals surface area contributed by atoms with E-state index >= 15 is 0 Å². The van der Waals surface area contributed by atoms with Gasteiger partial charge in [-0.1, -0.05) is 6.92 Å². The lowest BCUT2D eigenvalue weighted by Gasteiger charge is -2.09. The topological polar surface area (TPSA) is 45.0 Å². The molecule has 3 nitrogen and oxygen atoms in total. The highest BCUT2D eigenvalue weighted by Gasteiger charge is 2.01. The van der Waals surface area contributed by atoms with Crippen molar-refractivity contribution in [3.8, 4) is 6.07 Å². The summed E-state index contributed by atoms with van der Waals surface area (Å²) < 4.78 is 0. The Morgan fingerprint density at radius 1 is 1.78 bits per heavy atom. The summed E-state index contributed by atoms with van der Waals surface area (Å²) >= 11 is 0. The monoisotopic (exact) mass is 128 g/mol. The van der Waals surface area contributed by atoms with E-state index in [9.17, 15) is 0 Å². The lowest BCUT2D eigenvalue weighted by Crippen LogP contribution is -2.26. The fourth-order valence-corrected chi connectivity index (χ4v) is 0.546. The van der Waals surface area contributed by atoms with E-state index in [4.69, 9.17) is 5.26 Å². The summed E-state index contributed by atoms with van der Waals surface area (Å²) in [5.41, 5.74) is 2.71. The Bertz CT molecular complexity index is 97.7. The van der Waals surface area contributed by atoms with Crippen LogP contribution in [0.25, 0.3) is 0 Å². The largest absolute Gasteiger partial charge is 0.305 e. The summed E-state index contributed by atoms with van der Waals surface area (Å²) in [6.07, 6.45) is 1.42. The first-order valence-electron chi connectivity index (χ1n) is 3.00. The van der Waals surface area contributed by atoms with Crippen molar-refractivity contribution in [1.82, 2.24) is 5.48 Å². The van der Waals surface area contributed by atoms with Gasteiger partial charge in [-0.2, -0.15) is 10.7 Å². The van der Waals surface area contributed by atoms with Crippen LogP contribution in [-0.4, -0.2) is 13.2 Å². The highest BCUT2D eigenvalue weighted by molar-refractivity contribution is 4.77. The van der Waals surface area contributed by atoms with Gasteiger partial charge in [-0.25, -0.2) is 0 Å². The maximum atomic E-state index is 8.25. The number of hydrogen-bond donors (Lipinski definition) is 1. The molecule has 0 aliphatic heterocycles. The van der Waals surface area contributed by atoms with Gasteiger partial charge in [0.25, 0.3) is 0 Å². The minimum absolute atomic E-state index is 0.181. The first-order chi connectivity index (χ1) is 4.35. The fraction of sp³-hybridized carbons (Fsp3) is 0.833. The van der Waals surface area contributed by atoms with Gasteiger partial charge in [0, 0.05) is 6.04 Å². The van der Waals surface area contributed by atoms with Crippen molar-refractivity contribution in [2.24, 2.45) is 0 Å². The number of nitrogens with one attached hydrogen (secondary N) is 1. The molecular formula is C6H12N2O. The molecule has 52 valence electrons. The molecule has 0 amide bonds. The Hall–Kier alpha value is -0.590. The maximum Gasteiger partial charge on any atom is 0.0639 e. The first kappa shape index (κ1) is 8.41. The van der Waals surface area contributed by atoms with Gasteiger partial charge in [-0.05, 0) is 6.42 Å². The van der Waals surface area contributed by atoms with E-state index in [1.807, 2.05) is 6.92 Å². The first-order valence-corrected chi connectivity index (χ1v) is 3.00. The molecule has 0 saturated carbocycles. The molecule has 0 bridgehead atoms. The molecule has 0 aliphatic carbocycles. The quantitative estimate of drug-likeness (QED) is 0.570. The van der Waals surface area contributed by atoms with Gasteiger partial charge in [0.2, 0.25) is 0 Å². The minimum atomic E-state index is 0.181. The smallest absolute Gasteiger partial charge is 0.0639 e. The van der Waals surface area contributed by atoms with E-state index in [2.05, 4.69) is 16.4 Å². The Balaban J connectivity index is 3.32. The van der Waals surface area contributed by atoms with Crippen molar-refractivity contribution in [3.63, 3.8) is 0 Å². The second-order valence-electron chi connectivity index (χ2n) is 1.79. The summed E-state index contributed by atoms with van der Waals surface area (Å²) in [5.74, 6) is 0. The van der Waals surface area contributed by atoms with Crippen molar-refractivity contribution in [3.05, 3.63) is 0 Å². The number of rotatable bonds is 4. The third-order valence-corrected chi connectivity index (χ3v) is 1.12. The normalized spacial score (nSPS) is 12.6. The molecule has 0 radical (unpaired) electrons. The molecule has 1 unspecified atom stereocenters. The summed E-state index contributed by atoms with van der Waals surface area (Å²) in [4.78, 5) is 4.65. The highest BCUT2D eigenvalue weighted by Crippen LogP contribution is 1.94. The summed E-state index contributed by atoms with van der Waals surface area (Å²) in [5, 5.41) is 8.25. The van der Waals surface area contributed by atoms with Gasteiger partial charge >= 0.3 is 0 Å². The van der Waals surface area contributed by atoms with Gasteiger partial charge in [0.1, 0.15) is 0 Å². The average Bonchev–Trinajstić information content (AvgIpc) is 1.88. The molecule has 0 rings (SSSR count). The zero-order chi connectivity index (χ0) is 7.11. The molecule has 0 aliphatic rings. The predicted octanol–water partition coefficient (Wildman–Crippen LogP) is 0.830. The Morgan fingerprint density at radius 2 is 2.44 bits per heavy atom. The minimum Gasteiger partial charge on any atom is -0.305 e. The third-order valence-electron chi connectivity index (χ3n) is 1.12. The van der Waals surface area contributed by atoms with Crippen LogP contribution in [0, 0.1) is 11.3 Å². The second-order valence-corrected chi connectivity index (χ2v) is 1.79. The maximum absolute atomic E-state index is 8.25. The van der Waals surface area contributed by atoms with Crippen LogP contribution in [0.4, 0.5) is 0 Å². The van der Waals surface area contributed by atoms with E-state index in [0.29, 0.717) is 6.42 Å². The molecule has 9 heavy (non-hydrogen) atoms. The highest BCUT2D eigenvalue weighted by atomic mass is 16.6. The van der Waals surface area contributed by atoms with Crippen LogP contribution < -0.4 is 5.48 Å². The van der Waals surface area contributed by atoms with E-state index in [1.165, 1.54) is 0 Å². The third kappa shape index (κ3) is 3.95. The summed E-state index contributed by atoms with van der Waals surface area (Å²) in [7, 11) is 1.56.